The van der Waals surface area contributed by atoms with E-state index in [4.69, 9.17) is 35.8 Å². The summed E-state index contributed by atoms with van der Waals surface area (Å²) in [5, 5.41) is 9.58. The van der Waals surface area contributed by atoms with E-state index in [0.29, 0.717) is 5.03 Å². The summed E-state index contributed by atoms with van der Waals surface area (Å²) >= 11 is 7.12. The number of hydrogen-bond donors (Lipinski definition) is 0. The van der Waals surface area contributed by atoms with E-state index in [1.54, 1.807) is 0 Å². The molecule has 0 spiro atoms. The van der Waals surface area contributed by atoms with E-state index in [1.807, 2.05) is 6.07 Å². The molecule has 2 rings (SSSR count). The average molecular weight is 470 g/mol. The number of aliphatic imine (C=N–C) groups is 1. The Morgan fingerprint density at radius 2 is 1.90 bits per heavy atom. The number of ether oxygens (including phenoxy) is 4. The van der Waals surface area contributed by atoms with E-state index in [-0.39, 0.29) is 17.2 Å². The van der Waals surface area contributed by atoms with Crippen LogP contribution in [-0.2, 0) is 33.3 Å². The van der Waals surface area contributed by atoms with Gasteiger partial charge in [-0.25, -0.2) is 4.98 Å². The van der Waals surface area contributed by atoms with E-state index in [2.05, 4.69) is 16.7 Å². The van der Waals surface area contributed by atoms with Crippen LogP contribution in [0.25, 0.3) is 0 Å². The molecule has 1 aromatic rings. The largest absolute Gasteiger partial charge is 0.463 e. The third-order valence-electron chi connectivity index (χ3n) is 4.07. The van der Waals surface area contributed by atoms with Crippen molar-refractivity contribution in [1.82, 2.24) is 4.98 Å². The predicted octanol–water partition coefficient (Wildman–Crippen LogP) is 1.92. The third-order valence-corrected chi connectivity index (χ3v) is 5.46. The second-order valence-corrected chi connectivity index (χ2v) is 7.92. The zero-order chi connectivity index (χ0) is 23.1. The monoisotopic (exact) mass is 469 g/mol. The third kappa shape index (κ3) is 6.65. The van der Waals surface area contributed by atoms with Crippen LogP contribution < -0.4 is 0 Å². The SMILES string of the molecule is C=NC1C(OC(C)=O)[C@@H](Sc2cc(Cl)c(C#N)cn2)OC(COC(C)=O)[C@@H]1OC(C)=O. The van der Waals surface area contributed by atoms with Crippen LogP contribution in [0, 0.1) is 11.3 Å². The van der Waals surface area contributed by atoms with Crippen LogP contribution in [0.15, 0.2) is 22.3 Å². The lowest BCUT2D eigenvalue weighted by Gasteiger charge is -2.43. The molecule has 3 unspecified atom stereocenters. The van der Waals surface area contributed by atoms with Crippen molar-refractivity contribution in [2.75, 3.05) is 6.61 Å². The molecule has 0 saturated carbocycles. The Morgan fingerprint density at radius 3 is 2.42 bits per heavy atom. The van der Waals surface area contributed by atoms with E-state index in [1.165, 1.54) is 33.0 Å². The minimum Gasteiger partial charge on any atom is -0.463 e. The molecule has 1 aromatic heterocycles. The number of carbonyl (C=O) groups is 3. The van der Waals surface area contributed by atoms with Gasteiger partial charge in [0.05, 0.1) is 10.6 Å². The molecule has 0 bridgehead atoms. The molecule has 1 aliphatic rings. The quantitative estimate of drug-likeness (QED) is 0.330. The van der Waals surface area contributed by atoms with Crippen molar-refractivity contribution in [2.24, 2.45) is 4.99 Å². The zero-order valence-electron chi connectivity index (χ0n) is 16.9. The van der Waals surface area contributed by atoms with Gasteiger partial charge in [-0.3, -0.25) is 19.4 Å². The van der Waals surface area contributed by atoms with Gasteiger partial charge >= 0.3 is 17.9 Å². The van der Waals surface area contributed by atoms with Crippen LogP contribution in [0.3, 0.4) is 0 Å². The van der Waals surface area contributed by atoms with Crippen molar-refractivity contribution >= 4 is 48.0 Å². The molecule has 10 nitrogen and oxygen atoms in total. The molecule has 0 N–H and O–H groups in total. The summed E-state index contributed by atoms with van der Waals surface area (Å²) in [4.78, 5) is 42.8. The van der Waals surface area contributed by atoms with Crippen LogP contribution in [0.2, 0.25) is 5.02 Å². The molecule has 2 heterocycles. The molecule has 5 atom stereocenters. The molecule has 31 heavy (non-hydrogen) atoms. The Bertz CT molecular complexity index is 907. The summed E-state index contributed by atoms with van der Waals surface area (Å²) in [7, 11) is 0. The number of aromatic nitrogens is 1. The molecule has 0 aromatic carbocycles. The molecule has 12 heteroatoms. The first-order valence-corrected chi connectivity index (χ1v) is 10.2. The van der Waals surface area contributed by atoms with Crippen LogP contribution >= 0.6 is 23.4 Å². The van der Waals surface area contributed by atoms with Gasteiger partial charge in [-0.15, -0.1) is 0 Å². The number of rotatable bonds is 7. The molecule has 1 fully saturated rings. The Labute approximate surface area is 187 Å². The predicted molar refractivity (Wildman–Crippen MR) is 110 cm³/mol. The van der Waals surface area contributed by atoms with Gasteiger partial charge < -0.3 is 18.9 Å². The number of pyridine rings is 1. The van der Waals surface area contributed by atoms with Crippen molar-refractivity contribution in [3.05, 3.63) is 22.8 Å². The standard InChI is InChI=1S/C19H20ClN3O7S/c1-9(24)27-8-14-17(28-10(2)25)16(22-4)18(29-11(3)26)19(30-14)31-15-5-13(20)12(6-21)7-23-15/h5,7,14,16-19H,4,8H2,1-3H3/t14?,16?,17-,18?,19+/m0/s1. The Kier molecular flexibility index (Phi) is 8.79. The fourth-order valence-corrected chi connectivity index (χ4v) is 4.21. The Morgan fingerprint density at radius 1 is 1.26 bits per heavy atom. The molecule has 0 amide bonds. The highest BCUT2D eigenvalue weighted by Gasteiger charge is 2.50. The lowest BCUT2D eigenvalue weighted by atomic mass is 9.97. The molecule has 0 radical (unpaired) electrons. The minimum atomic E-state index is -1.02. The normalized spacial score (nSPS) is 25.1. The van der Waals surface area contributed by atoms with E-state index in [9.17, 15) is 14.4 Å². The van der Waals surface area contributed by atoms with Crippen molar-refractivity contribution in [2.45, 2.75) is 55.6 Å². The van der Waals surface area contributed by atoms with Crippen LogP contribution in [0.5, 0.6) is 0 Å². The molecule has 0 aliphatic carbocycles. The highest BCUT2D eigenvalue weighted by Crippen LogP contribution is 2.37. The maximum atomic E-state index is 11.7. The number of esters is 3. The number of carbonyl (C=O) groups excluding carboxylic acids is 3. The second-order valence-electron chi connectivity index (χ2n) is 6.40. The fourth-order valence-electron chi connectivity index (χ4n) is 2.86. The van der Waals surface area contributed by atoms with Crippen molar-refractivity contribution < 1.29 is 33.3 Å². The maximum absolute atomic E-state index is 11.7. The smallest absolute Gasteiger partial charge is 0.303 e. The average Bonchev–Trinajstić information content (AvgIpc) is 2.68. The maximum Gasteiger partial charge on any atom is 0.303 e. The summed E-state index contributed by atoms with van der Waals surface area (Å²) in [5.41, 5.74) is -0.691. The van der Waals surface area contributed by atoms with Crippen molar-refractivity contribution in [3.63, 3.8) is 0 Å². The van der Waals surface area contributed by atoms with Crippen LogP contribution in [-0.4, -0.2) is 66.0 Å². The Hall–Kier alpha value is -2.68. The number of nitrogens with zero attached hydrogens (tertiary/aromatic N) is 3. The van der Waals surface area contributed by atoms with Gasteiger partial charge in [0.15, 0.2) is 12.2 Å². The topological polar surface area (TPSA) is 137 Å². The number of halogens is 1. The van der Waals surface area contributed by atoms with E-state index >= 15 is 0 Å². The Balaban J connectivity index is 2.40. The summed E-state index contributed by atoms with van der Waals surface area (Å²) < 4.78 is 21.8. The second kappa shape index (κ2) is 11.1. The first kappa shape index (κ1) is 24.6. The lowest BCUT2D eigenvalue weighted by Crippen LogP contribution is -2.59. The van der Waals surface area contributed by atoms with Crippen LogP contribution in [0.1, 0.15) is 26.3 Å². The molecular formula is C19H20ClN3O7S. The van der Waals surface area contributed by atoms with E-state index in [0.717, 1.165) is 11.8 Å². The van der Waals surface area contributed by atoms with Gasteiger partial charge in [-0.05, 0) is 12.8 Å². The molecule has 166 valence electrons. The van der Waals surface area contributed by atoms with Gasteiger partial charge in [0.1, 0.15) is 35.3 Å². The summed E-state index contributed by atoms with van der Waals surface area (Å²) in [6.07, 6.45) is -1.64. The van der Waals surface area contributed by atoms with Crippen molar-refractivity contribution in [1.29, 1.82) is 5.26 Å². The number of nitriles is 1. The lowest BCUT2D eigenvalue weighted by molar-refractivity contribution is -0.200. The summed E-state index contributed by atoms with van der Waals surface area (Å²) in [6, 6.07) is 2.47. The first-order chi connectivity index (χ1) is 14.7. The van der Waals surface area contributed by atoms with Gasteiger partial charge in [-0.2, -0.15) is 5.26 Å². The molecule has 1 aliphatic heterocycles. The van der Waals surface area contributed by atoms with Crippen LogP contribution in [0.4, 0.5) is 0 Å². The van der Waals surface area contributed by atoms with Gasteiger partial charge in [0.25, 0.3) is 0 Å². The number of thioether (sulfide) groups is 1. The number of hydrogen-bond acceptors (Lipinski definition) is 11. The zero-order valence-corrected chi connectivity index (χ0v) is 18.5. The van der Waals surface area contributed by atoms with E-state index < -0.39 is 47.7 Å². The van der Waals surface area contributed by atoms with Gasteiger partial charge in [-0.1, -0.05) is 23.4 Å². The van der Waals surface area contributed by atoms with Crippen molar-refractivity contribution in [3.8, 4) is 6.07 Å². The molecular weight excluding hydrogens is 450 g/mol. The van der Waals surface area contributed by atoms with Gasteiger partial charge in [0, 0.05) is 27.0 Å². The van der Waals surface area contributed by atoms with Gasteiger partial charge in [0.2, 0.25) is 0 Å². The summed E-state index contributed by atoms with van der Waals surface area (Å²) in [5.74, 6) is -1.79. The first-order valence-electron chi connectivity index (χ1n) is 8.97. The highest BCUT2D eigenvalue weighted by molar-refractivity contribution is 7.99. The summed E-state index contributed by atoms with van der Waals surface area (Å²) in [6.45, 7) is 6.94. The fraction of sp³-hybridized carbons (Fsp3) is 0.474. The highest BCUT2D eigenvalue weighted by atomic mass is 35.5. The minimum absolute atomic E-state index is 0.187. The molecule has 1 saturated heterocycles.